The van der Waals surface area contributed by atoms with E-state index in [-0.39, 0.29) is 0 Å². The SMILES string of the molecule is C=CCC=CCCCCCCCCOCC. The number of hydrogen-bond acceptors (Lipinski definition) is 1. The second-order valence-corrected chi connectivity index (χ2v) is 4.10. The Bertz CT molecular complexity index is 161. The van der Waals surface area contributed by atoms with Crippen molar-refractivity contribution in [1.82, 2.24) is 0 Å². The van der Waals surface area contributed by atoms with Crippen molar-refractivity contribution in [2.24, 2.45) is 0 Å². The second kappa shape index (κ2) is 14.4. The first-order valence-corrected chi connectivity index (χ1v) is 6.75. The van der Waals surface area contributed by atoms with Gasteiger partial charge in [0.1, 0.15) is 0 Å². The number of ether oxygens (including phenoxy) is 1. The van der Waals surface area contributed by atoms with Gasteiger partial charge in [0.15, 0.2) is 0 Å². The first-order valence-electron chi connectivity index (χ1n) is 6.75. The minimum atomic E-state index is 0.858. The lowest BCUT2D eigenvalue weighted by atomic mass is 10.1. The zero-order valence-electron chi connectivity index (χ0n) is 10.9. The summed E-state index contributed by atoms with van der Waals surface area (Å²) >= 11 is 0. The fourth-order valence-corrected chi connectivity index (χ4v) is 1.63. The molecule has 0 saturated carbocycles. The summed E-state index contributed by atoms with van der Waals surface area (Å²) < 4.78 is 5.30. The summed E-state index contributed by atoms with van der Waals surface area (Å²) in [6.07, 6.45) is 16.7. The van der Waals surface area contributed by atoms with Gasteiger partial charge in [-0.3, -0.25) is 0 Å². The van der Waals surface area contributed by atoms with Crippen molar-refractivity contribution in [2.45, 2.75) is 58.3 Å². The average molecular weight is 224 g/mol. The van der Waals surface area contributed by atoms with Crippen LogP contribution in [0.15, 0.2) is 24.8 Å². The van der Waals surface area contributed by atoms with E-state index in [1.54, 1.807) is 0 Å². The maximum atomic E-state index is 5.30. The molecule has 0 amide bonds. The van der Waals surface area contributed by atoms with Crippen molar-refractivity contribution in [3.05, 3.63) is 24.8 Å². The third-order valence-corrected chi connectivity index (χ3v) is 2.58. The first-order chi connectivity index (χ1) is 7.91. The van der Waals surface area contributed by atoms with Gasteiger partial charge in [0.25, 0.3) is 0 Å². The summed E-state index contributed by atoms with van der Waals surface area (Å²) in [6.45, 7) is 7.55. The lowest BCUT2D eigenvalue weighted by molar-refractivity contribution is 0.143. The van der Waals surface area contributed by atoms with Crippen LogP contribution in [0.2, 0.25) is 0 Å². The summed E-state index contributed by atoms with van der Waals surface area (Å²) in [5, 5.41) is 0. The lowest BCUT2D eigenvalue weighted by Crippen LogP contribution is -1.92. The maximum Gasteiger partial charge on any atom is 0.0465 e. The van der Waals surface area contributed by atoms with E-state index < -0.39 is 0 Å². The number of unbranched alkanes of at least 4 members (excludes halogenated alkanes) is 6. The highest BCUT2D eigenvalue weighted by atomic mass is 16.5. The van der Waals surface area contributed by atoms with Gasteiger partial charge in [-0.25, -0.2) is 0 Å². The topological polar surface area (TPSA) is 9.23 Å². The third-order valence-electron chi connectivity index (χ3n) is 2.58. The fraction of sp³-hybridized carbons (Fsp3) is 0.733. The highest BCUT2D eigenvalue weighted by Gasteiger charge is 1.90. The number of rotatable bonds is 12. The molecule has 0 aliphatic rings. The highest BCUT2D eigenvalue weighted by Crippen LogP contribution is 2.07. The van der Waals surface area contributed by atoms with Gasteiger partial charge >= 0.3 is 0 Å². The van der Waals surface area contributed by atoms with Gasteiger partial charge in [-0.2, -0.15) is 0 Å². The third kappa shape index (κ3) is 13.4. The van der Waals surface area contributed by atoms with E-state index in [0.717, 1.165) is 19.6 Å². The molecule has 0 rings (SSSR count). The quantitative estimate of drug-likeness (QED) is 0.339. The van der Waals surface area contributed by atoms with Crippen LogP contribution in [0.25, 0.3) is 0 Å². The Morgan fingerprint density at radius 1 is 0.938 bits per heavy atom. The summed E-state index contributed by atoms with van der Waals surface area (Å²) in [5.74, 6) is 0. The molecule has 0 aliphatic carbocycles. The van der Waals surface area contributed by atoms with Crippen molar-refractivity contribution < 1.29 is 4.74 Å². The van der Waals surface area contributed by atoms with Gasteiger partial charge in [-0.15, -0.1) is 6.58 Å². The normalized spacial score (nSPS) is 11.1. The van der Waals surface area contributed by atoms with E-state index in [9.17, 15) is 0 Å². The monoisotopic (exact) mass is 224 g/mol. The van der Waals surface area contributed by atoms with Gasteiger partial charge in [0.2, 0.25) is 0 Å². The summed E-state index contributed by atoms with van der Waals surface area (Å²) in [5.41, 5.74) is 0. The maximum absolute atomic E-state index is 5.30. The van der Waals surface area contributed by atoms with Crippen LogP contribution in [0.3, 0.4) is 0 Å². The summed E-state index contributed by atoms with van der Waals surface area (Å²) in [7, 11) is 0. The molecule has 0 aromatic carbocycles. The Morgan fingerprint density at radius 2 is 1.62 bits per heavy atom. The van der Waals surface area contributed by atoms with Crippen LogP contribution in [0, 0.1) is 0 Å². The number of hydrogen-bond donors (Lipinski definition) is 0. The molecular formula is C15H28O. The Labute approximate surface area is 102 Å². The molecule has 0 heterocycles. The van der Waals surface area contributed by atoms with Crippen LogP contribution >= 0.6 is 0 Å². The standard InChI is InChI=1S/C15H28O/c1-3-5-6-7-8-9-10-11-12-13-14-15-16-4-2/h3,6-7H,1,4-5,8-15H2,2H3. The average Bonchev–Trinajstić information content (AvgIpc) is 2.31. The van der Waals surface area contributed by atoms with Crippen LogP contribution < -0.4 is 0 Å². The van der Waals surface area contributed by atoms with Crippen molar-refractivity contribution in [2.75, 3.05) is 13.2 Å². The molecule has 0 aromatic rings. The molecule has 1 nitrogen and oxygen atoms in total. The van der Waals surface area contributed by atoms with Crippen LogP contribution in [0.5, 0.6) is 0 Å². The summed E-state index contributed by atoms with van der Waals surface area (Å²) in [4.78, 5) is 0. The first kappa shape index (κ1) is 15.4. The lowest BCUT2D eigenvalue weighted by Gasteiger charge is -2.01. The number of allylic oxidation sites excluding steroid dienone is 3. The van der Waals surface area contributed by atoms with Crippen molar-refractivity contribution in [1.29, 1.82) is 0 Å². The van der Waals surface area contributed by atoms with Crippen LogP contribution in [-0.4, -0.2) is 13.2 Å². The highest BCUT2D eigenvalue weighted by molar-refractivity contribution is 4.87. The molecular weight excluding hydrogens is 196 g/mol. The molecule has 1 heteroatoms. The van der Waals surface area contributed by atoms with Crippen molar-refractivity contribution in [3.8, 4) is 0 Å². The Kier molecular flexibility index (Phi) is 13.9. The molecule has 0 spiro atoms. The molecule has 0 saturated heterocycles. The largest absolute Gasteiger partial charge is 0.382 e. The molecule has 0 aromatic heterocycles. The molecule has 0 unspecified atom stereocenters. The zero-order valence-corrected chi connectivity index (χ0v) is 10.9. The van der Waals surface area contributed by atoms with Crippen molar-refractivity contribution in [3.63, 3.8) is 0 Å². The molecule has 0 aliphatic heterocycles. The molecule has 0 fully saturated rings. The summed E-state index contributed by atoms with van der Waals surface area (Å²) in [6, 6.07) is 0. The minimum absolute atomic E-state index is 0.858. The van der Waals surface area contributed by atoms with Crippen LogP contribution in [0.1, 0.15) is 58.3 Å². The van der Waals surface area contributed by atoms with Crippen LogP contribution in [0.4, 0.5) is 0 Å². The van der Waals surface area contributed by atoms with E-state index in [1.165, 1.54) is 44.9 Å². The van der Waals surface area contributed by atoms with E-state index in [0.29, 0.717) is 0 Å². The van der Waals surface area contributed by atoms with Gasteiger partial charge in [0, 0.05) is 13.2 Å². The van der Waals surface area contributed by atoms with E-state index in [1.807, 2.05) is 6.08 Å². The van der Waals surface area contributed by atoms with Gasteiger partial charge in [0.05, 0.1) is 0 Å². The predicted octanol–water partition coefficient (Wildman–Crippen LogP) is 4.89. The Balaban J connectivity index is 2.95. The van der Waals surface area contributed by atoms with Gasteiger partial charge in [-0.05, 0) is 32.6 Å². The molecule has 94 valence electrons. The van der Waals surface area contributed by atoms with Gasteiger partial charge in [-0.1, -0.05) is 43.9 Å². The Morgan fingerprint density at radius 3 is 2.31 bits per heavy atom. The Hall–Kier alpha value is -0.560. The molecule has 16 heavy (non-hydrogen) atoms. The fourth-order valence-electron chi connectivity index (χ4n) is 1.63. The molecule has 0 radical (unpaired) electrons. The van der Waals surface area contributed by atoms with E-state index in [2.05, 4.69) is 25.7 Å². The molecule has 0 atom stereocenters. The van der Waals surface area contributed by atoms with Gasteiger partial charge < -0.3 is 4.74 Å². The smallest absolute Gasteiger partial charge is 0.0465 e. The van der Waals surface area contributed by atoms with Crippen LogP contribution in [-0.2, 0) is 4.74 Å². The minimum Gasteiger partial charge on any atom is -0.382 e. The zero-order chi connectivity index (χ0) is 11.9. The molecule has 0 bridgehead atoms. The molecule has 0 N–H and O–H groups in total. The van der Waals surface area contributed by atoms with Crippen molar-refractivity contribution >= 4 is 0 Å². The predicted molar refractivity (Wildman–Crippen MR) is 72.8 cm³/mol. The second-order valence-electron chi connectivity index (χ2n) is 4.10. The van der Waals surface area contributed by atoms with E-state index >= 15 is 0 Å². The van der Waals surface area contributed by atoms with E-state index in [4.69, 9.17) is 4.74 Å².